The second-order valence-electron chi connectivity index (χ2n) is 6.16. The van der Waals surface area contributed by atoms with Crippen LogP contribution < -0.4 is 0 Å². The Morgan fingerprint density at radius 3 is 2.59 bits per heavy atom. The van der Waals surface area contributed by atoms with Gasteiger partial charge in [0.05, 0.1) is 6.26 Å². The van der Waals surface area contributed by atoms with Crippen molar-refractivity contribution in [3.05, 3.63) is 35.4 Å². The van der Waals surface area contributed by atoms with Gasteiger partial charge in [-0.05, 0) is 30.4 Å². The molecule has 2 heterocycles. The molecular weight excluding hydrogens is 300 g/mol. The molecule has 1 aromatic carbocycles. The maximum atomic E-state index is 12.8. The quantitative estimate of drug-likeness (QED) is 0.827. The third kappa shape index (κ3) is 3.03. The van der Waals surface area contributed by atoms with Gasteiger partial charge in [-0.3, -0.25) is 4.79 Å². The lowest BCUT2D eigenvalue weighted by Crippen LogP contribution is -2.53. The van der Waals surface area contributed by atoms with Crippen LogP contribution >= 0.6 is 0 Å². The third-order valence-electron chi connectivity index (χ3n) is 4.61. The minimum atomic E-state index is -3.33. The Labute approximate surface area is 132 Å². The molecule has 3 rings (SSSR count). The van der Waals surface area contributed by atoms with Gasteiger partial charge in [0.15, 0.2) is 0 Å². The van der Waals surface area contributed by atoms with Crippen LogP contribution in [0.2, 0.25) is 0 Å². The van der Waals surface area contributed by atoms with Crippen molar-refractivity contribution in [2.75, 3.05) is 19.3 Å². The fourth-order valence-electron chi connectivity index (χ4n) is 3.44. The van der Waals surface area contributed by atoms with Crippen LogP contribution in [0.25, 0.3) is 0 Å². The first-order valence-electron chi connectivity index (χ1n) is 7.79. The summed E-state index contributed by atoms with van der Waals surface area (Å²) in [5.41, 5.74) is 2.46. The lowest BCUT2D eigenvalue weighted by molar-refractivity contribution is -0.137. The summed E-state index contributed by atoms with van der Waals surface area (Å²) in [6, 6.07) is 7.62. The van der Waals surface area contributed by atoms with E-state index in [-0.39, 0.29) is 5.91 Å². The van der Waals surface area contributed by atoms with Gasteiger partial charge in [0.1, 0.15) is 6.04 Å². The molecular formula is C16H22N2O3S. The number of hydrogen-bond acceptors (Lipinski definition) is 3. The van der Waals surface area contributed by atoms with Crippen LogP contribution in [-0.4, -0.2) is 48.9 Å². The molecule has 120 valence electrons. The normalized spacial score (nSPS) is 23.1. The van der Waals surface area contributed by atoms with Gasteiger partial charge in [-0.25, -0.2) is 8.42 Å². The number of amides is 1. The number of benzene rings is 1. The fraction of sp³-hybridized carbons (Fsp3) is 0.562. The Kier molecular flexibility index (Phi) is 4.23. The molecule has 2 aliphatic heterocycles. The minimum absolute atomic E-state index is 0.0420. The predicted octanol–water partition coefficient (Wildman–Crippen LogP) is 1.39. The average Bonchev–Trinajstić information content (AvgIpc) is 2.53. The maximum absolute atomic E-state index is 12.8. The molecule has 1 fully saturated rings. The van der Waals surface area contributed by atoms with Crippen LogP contribution in [0.1, 0.15) is 30.4 Å². The van der Waals surface area contributed by atoms with E-state index in [0.717, 1.165) is 19.3 Å². The zero-order valence-corrected chi connectivity index (χ0v) is 13.7. The van der Waals surface area contributed by atoms with Crippen LogP contribution in [0, 0.1) is 0 Å². The smallest absolute Gasteiger partial charge is 0.241 e. The summed E-state index contributed by atoms with van der Waals surface area (Å²) in [7, 11) is -3.33. The van der Waals surface area contributed by atoms with Crippen molar-refractivity contribution < 1.29 is 13.2 Å². The number of sulfonamides is 1. The van der Waals surface area contributed by atoms with Gasteiger partial charge in [-0.2, -0.15) is 4.31 Å². The van der Waals surface area contributed by atoms with Crippen LogP contribution in [0.5, 0.6) is 0 Å². The Bertz CT molecular complexity index is 672. The molecule has 5 nitrogen and oxygen atoms in total. The number of hydrogen-bond donors (Lipinski definition) is 0. The van der Waals surface area contributed by atoms with Gasteiger partial charge >= 0.3 is 0 Å². The highest BCUT2D eigenvalue weighted by Gasteiger charge is 2.37. The summed E-state index contributed by atoms with van der Waals surface area (Å²) in [4.78, 5) is 14.7. The van der Waals surface area contributed by atoms with Crippen LogP contribution in [0.4, 0.5) is 0 Å². The molecule has 0 radical (unpaired) electrons. The fourth-order valence-corrected chi connectivity index (χ4v) is 4.56. The Morgan fingerprint density at radius 2 is 1.86 bits per heavy atom. The monoisotopic (exact) mass is 322 g/mol. The Morgan fingerprint density at radius 1 is 1.14 bits per heavy atom. The molecule has 0 saturated carbocycles. The maximum Gasteiger partial charge on any atom is 0.241 e. The van der Waals surface area contributed by atoms with Crippen molar-refractivity contribution in [2.24, 2.45) is 0 Å². The first-order valence-corrected chi connectivity index (χ1v) is 9.64. The molecule has 0 spiro atoms. The summed E-state index contributed by atoms with van der Waals surface area (Å²) >= 11 is 0. The lowest BCUT2D eigenvalue weighted by Gasteiger charge is -2.37. The second-order valence-corrected chi connectivity index (χ2v) is 8.10. The molecule has 6 heteroatoms. The zero-order chi connectivity index (χ0) is 15.7. The summed E-state index contributed by atoms with van der Waals surface area (Å²) in [5, 5.41) is 0. The van der Waals surface area contributed by atoms with Gasteiger partial charge in [0.25, 0.3) is 0 Å². The van der Waals surface area contributed by atoms with E-state index < -0.39 is 16.1 Å². The van der Waals surface area contributed by atoms with Crippen LogP contribution in [-0.2, 0) is 27.8 Å². The molecule has 1 aromatic rings. The highest BCUT2D eigenvalue weighted by atomic mass is 32.2. The van der Waals surface area contributed by atoms with Crippen molar-refractivity contribution in [1.82, 2.24) is 9.21 Å². The zero-order valence-electron chi connectivity index (χ0n) is 12.9. The average molecular weight is 322 g/mol. The van der Waals surface area contributed by atoms with Crippen molar-refractivity contribution in [3.63, 3.8) is 0 Å². The van der Waals surface area contributed by atoms with Crippen LogP contribution in [0.15, 0.2) is 24.3 Å². The minimum Gasteiger partial charge on any atom is -0.337 e. The Hall–Kier alpha value is -1.40. The number of fused-ring (bicyclic) bond motifs is 1. The molecule has 1 atom stereocenters. The largest absolute Gasteiger partial charge is 0.337 e. The van der Waals surface area contributed by atoms with E-state index in [1.165, 1.54) is 21.7 Å². The summed E-state index contributed by atoms with van der Waals surface area (Å²) in [6.45, 7) is 1.72. The summed E-state index contributed by atoms with van der Waals surface area (Å²) < 4.78 is 25.3. The summed E-state index contributed by atoms with van der Waals surface area (Å²) in [5.74, 6) is -0.0420. The van der Waals surface area contributed by atoms with E-state index >= 15 is 0 Å². The number of carbonyl (C=O) groups excluding carboxylic acids is 1. The van der Waals surface area contributed by atoms with Gasteiger partial charge in [-0.15, -0.1) is 0 Å². The van der Waals surface area contributed by atoms with E-state index in [1.807, 2.05) is 23.1 Å². The highest BCUT2D eigenvalue weighted by molar-refractivity contribution is 7.88. The number of piperidine rings is 1. The SMILES string of the molecule is CS(=O)(=O)N1CCCC[C@H]1C(=O)N1CCc2ccccc2C1. The van der Waals surface area contributed by atoms with Gasteiger partial charge in [-0.1, -0.05) is 30.7 Å². The summed E-state index contributed by atoms with van der Waals surface area (Å²) in [6.07, 6.45) is 4.41. The van der Waals surface area contributed by atoms with Gasteiger partial charge in [0, 0.05) is 19.6 Å². The second kappa shape index (κ2) is 6.01. The highest BCUT2D eigenvalue weighted by Crippen LogP contribution is 2.25. The molecule has 1 saturated heterocycles. The first kappa shape index (κ1) is 15.5. The van der Waals surface area contributed by atoms with E-state index in [0.29, 0.717) is 26.1 Å². The lowest BCUT2D eigenvalue weighted by atomic mass is 9.98. The van der Waals surface area contributed by atoms with Gasteiger partial charge in [0.2, 0.25) is 15.9 Å². The molecule has 1 amide bonds. The first-order chi connectivity index (χ1) is 10.5. The molecule has 2 aliphatic rings. The van der Waals surface area contributed by atoms with E-state index in [4.69, 9.17) is 0 Å². The van der Waals surface area contributed by atoms with Crippen molar-refractivity contribution >= 4 is 15.9 Å². The number of rotatable bonds is 2. The topological polar surface area (TPSA) is 57.7 Å². The van der Waals surface area contributed by atoms with Crippen molar-refractivity contribution in [2.45, 2.75) is 38.3 Å². The molecule has 0 aliphatic carbocycles. The van der Waals surface area contributed by atoms with Crippen molar-refractivity contribution in [3.8, 4) is 0 Å². The van der Waals surface area contributed by atoms with E-state index in [9.17, 15) is 13.2 Å². The molecule has 0 N–H and O–H groups in total. The Balaban J connectivity index is 1.79. The molecule has 0 bridgehead atoms. The predicted molar refractivity (Wildman–Crippen MR) is 84.8 cm³/mol. The van der Waals surface area contributed by atoms with Crippen LogP contribution in [0.3, 0.4) is 0 Å². The third-order valence-corrected chi connectivity index (χ3v) is 5.90. The molecule has 0 unspecified atom stereocenters. The van der Waals surface area contributed by atoms with Crippen molar-refractivity contribution in [1.29, 1.82) is 0 Å². The number of nitrogens with zero attached hydrogens (tertiary/aromatic N) is 2. The standard InChI is InChI=1S/C16H22N2O3S/c1-22(20,21)18-10-5-4-8-15(18)16(19)17-11-9-13-6-2-3-7-14(13)12-17/h2-3,6-7,15H,4-5,8-12H2,1H3/t15-/m0/s1. The molecule has 22 heavy (non-hydrogen) atoms. The molecule has 0 aromatic heterocycles. The van der Waals surface area contributed by atoms with E-state index in [2.05, 4.69) is 6.07 Å². The number of carbonyl (C=O) groups is 1. The van der Waals surface area contributed by atoms with Gasteiger partial charge < -0.3 is 4.90 Å². The van der Waals surface area contributed by atoms with E-state index in [1.54, 1.807) is 0 Å².